The van der Waals surface area contributed by atoms with Gasteiger partial charge in [0.25, 0.3) is 0 Å². The smallest absolute Gasteiger partial charge is 0.315 e. The molecule has 9 nitrogen and oxygen atoms in total. The van der Waals surface area contributed by atoms with Crippen molar-refractivity contribution in [2.75, 3.05) is 13.7 Å². The number of hydrogen-bond acceptors (Lipinski definition) is 8. The Balaban J connectivity index is 1.46. The Morgan fingerprint density at radius 3 is 2.52 bits per heavy atom. The first-order chi connectivity index (χ1) is 19.9. The lowest BCUT2D eigenvalue weighted by Crippen LogP contribution is -2.64. The summed E-state index contributed by atoms with van der Waals surface area (Å²) in [7, 11) is 1.49. The molecule has 42 heavy (non-hydrogen) atoms. The summed E-state index contributed by atoms with van der Waals surface area (Å²) >= 11 is 0. The fourth-order valence-corrected chi connectivity index (χ4v) is 10.2. The van der Waals surface area contributed by atoms with E-state index in [0.29, 0.717) is 25.2 Å². The highest BCUT2D eigenvalue weighted by Crippen LogP contribution is 2.82. The van der Waals surface area contributed by atoms with Gasteiger partial charge in [0.15, 0.2) is 12.4 Å². The molecule has 12 atom stereocenters. The zero-order valence-electron chi connectivity index (χ0n) is 26.0. The van der Waals surface area contributed by atoms with Gasteiger partial charge in [0.05, 0.1) is 18.1 Å². The number of carbonyl (C=O) groups is 3. The van der Waals surface area contributed by atoms with Crippen molar-refractivity contribution in [1.82, 2.24) is 0 Å². The number of fused-ring (bicyclic) bond motifs is 2. The summed E-state index contributed by atoms with van der Waals surface area (Å²) in [6, 6.07) is 0. The van der Waals surface area contributed by atoms with Gasteiger partial charge in [0.1, 0.15) is 23.9 Å². The minimum atomic E-state index is -1.38. The molecule has 2 N–H and O–H groups in total. The molecule has 1 heterocycles. The van der Waals surface area contributed by atoms with E-state index >= 15 is 0 Å². The number of carbonyl (C=O) groups excluding carboxylic acids is 2. The predicted octanol–water partition coefficient (Wildman–Crippen LogP) is 4.54. The Hall–Kier alpha value is -1.81. The zero-order valence-corrected chi connectivity index (χ0v) is 26.0. The molecule has 4 fully saturated rings. The maximum absolute atomic E-state index is 13.7. The van der Waals surface area contributed by atoms with Crippen molar-refractivity contribution < 1.29 is 43.5 Å². The fourth-order valence-electron chi connectivity index (χ4n) is 10.2. The largest absolute Gasteiger partial charge is 0.481 e. The third kappa shape index (κ3) is 4.27. The lowest BCUT2D eigenvalue weighted by Gasteiger charge is -2.58. The van der Waals surface area contributed by atoms with Crippen LogP contribution in [-0.4, -0.2) is 72.9 Å². The Labute approximate surface area is 249 Å². The summed E-state index contributed by atoms with van der Waals surface area (Å²) in [5, 5.41) is 22.6. The van der Waals surface area contributed by atoms with E-state index in [0.717, 1.165) is 37.5 Å². The first-order valence-electron chi connectivity index (χ1n) is 16.0. The highest BCUT2D eigenvalue weighted by atomic mass is 16.7. The van der Waals surface area contributed by atoms with Crippen LogP contribution in [0.25, 0.3) is 0 Å². The summed E-state index contributed by atoms with van der Waals surface area (Å²) in [6.07, 6.45) is 4.24. The van der Waals surface area contributed by atoms with Crippen LogP contribution in [0.4, 0.5) is 0 Å². The van der Waals surface area contributed by atoms with E-state index in [4.69, 9.17) is 18.9 Å². The van der Waals surface area contributed by atoms with Gasteiger partial charge < -0.3 is 34.0 Å². The number of aliphatic carboxylic acids is 1. The Kier molecular flexibility index (Phi) is 8.73. The summed E-state index contributed by atoms with van der Waals surface area (Å²) in [5.74, 6) is -0.903. The minimum Gasteiger partial charge on any atom is -0.481 e. The summed E-state index contributed by atoms with van der Waals surface area (Å²) in [4.78, 5) is 39.6. The second-order valence-electron chi connectivity index (χ2n) is 14.1. The molecule has 4 bridgehead atoms. The summed E-state index contributed by atoms with van der Waals surface area (Å²) < 4.78 is 23.9. The molecule has 5 unspecified atom stereocenters. The Bertz CT molecular complexity index is 1090. The van der Waals surface area contributed by atoms with Crippen LogP contribution < -0.4 is 0 Å². The molecule has 0 spiro atoms. The predicted molar refractivity (Wildman–Crippen MR) is 153 cm³/mol. The van der Waals surface area contributed by atoms with Gasteiger partial charge in [0, 0.05) is 18.9 Å². The van der Waals surface area contributed by atoms with E-state index in [1.807, 2.05) is 13.8 Å². The van der Waals surface area contributed by atoms with Crippen molar-refractivity contribution in [2.24, 2.45) is 45.8 Å². The molecular weight excluding hydrogens is 540 g/mol. The fraction of sp³-hybridized carbons (Fsp3) is 0.848. The third-order valence-electron chi connectivity index (χ3n) is 11.9. The average Bonchev–Trinajstić information content (AvgIpc) is 3.52. The minimum absolute atomic E-state index is 0.0193. The molecule has 0 aromatic heterocycles. The number of unbranched alkanes of at least 4 members (excludes halogenated alkanes) is 2. The van der Waals surface area contributed by atoms with E-state index in [-0.39, 0.29) is 36.7 Å². The number of rotatable bonds is 12. The quantitative estimate of drug-likeness (QED) is 0.146. The number of aliphatic hydroxyl groups excluding tert-OH is 1. The maximum atomic E-state index is 13.7. The normalized spacial score (nSPS) is 45.5. The number of carboxylic acids is 1. The van der Waals surface area contributed by atoms with Crippen molar-refractivity contribution in [2.45, 2.75) is 117 Å². The number of ether oxygens (including phenoxy) is 4. The molecule has 3 saturated carbocycles. The van der Waals surface area contributed by atoms with Crippen molar-refractivity contribution in [3.63, 3.8) is 0 Å². The van der Waals surface area contributed by atoms with Crippen molar-refractivity contribution >= 4 is 18.2 Å². The van der Waals surface area contributed by atoms with E-state index in [1.165, 1.54) is 7.11 Å². The van der Waals surface area contributed by atoms with Crippen LogP contribution >= 0.6 is 0 Å². The van der Waals surface area contributed by atoms with Crippen LogP contribution in [0.1, 0.15) is 86.0 Å². The number of methoxy groups -OCH3 is 1. The van der Waals surface area contributed by atoms with Crippen molar-refractivity contribution in [3.8, 4) is 0 Å². The molecule has 0 aromatic rings. The van der Waals surface area contributed by atoms with E-state index < -0.39 is 58.9 Å². The van der Waals surface area contributed by atoms with E-state index in [2.05, 4.69) is 19.9 Å². The highest BCUT2D eigenvalue weighted by Gasteiger charge is 2.84. The van der Waals surface area contributed by atoms with Crippen LogP contribution in [0.3, 0.4) is 0 Å². The first kappa shape index (κ1) is 31.6. The SMILES string of the molecule is CCCCCC(=O)O[C@H]1C(O)[C@H](OCC23C[C@@H]4[C@H](C)CC[C@H]4C4(C=O)CC2C=C(C(C)C)C34C(=O)O)O[C@H](C)[C@H]1OC. The Morgan fingerprint density at radius 1 is 1.17 bits per heavy atom. The second-order valence-corrected chi connectivity index (χ2v) is 14.1. The molecule has 5 rings (SSSR count). The molecule has 0 amide bonds. The van der Waals surface area contributed by atoms with Gasteiger partial charge >= 0.3 is 11.9 Å². The van der Waals surface area contributed by atoms with Gasteiger partial charge in [-0.15, -0.1) is 0 Å². The first-order valence-corrected chi connectivity index (χ1v) is 16.0. The molecule has 4 aliphatic carbocycles. The average molecular weight is 591 g/mol. The van der Waals surface area contributed by atoms with Gasteiger partial charge in [-0.1, -0.05) is 58.6 Å². The lowest BCUT2D eigenvalue weighted by molar-refractivity contribution is -0.309. The monoisotopic (exact) mass is 590 g/mol. The number of aliphatic hydroxyl groups is 1. The number of hydrogen-bond donors (Lipinski definition) is 2. The van der Waals surface area contributed by atoms with E-state index in [9.17, 15) is 24.6 Å². The number of esters is 1. The van der Waals surface area contributed by atoms with Crippen molar-refractivity contribution in [1.29, 1.82) is 0 Å². The molecule has 9 heteroatoms. The third-order valence-corrected chi connectivity index (χ3v) is 11.9. The molecule has 5 aliphatic rings. The lowest BCUT2D eigenvalue weighted by atomic mass is 9.43. The van der Waals surface area contributed by atoms with Crippen LogP contribution in [0.15, 0.2) is 11.6 Å². The number of carboxylic acid groups (broad SMARTS) is 1. The number of aldehydes is 1. The van der Waals surface area contributed by atoms with Crippen LogP contribution in [-0.2, 0) is 33.3 Å². The van der Waals surface area contributed by atoms with Gasteiger partial charge in [-0.2, -0.15) is 0 Å². The highest BCUT2D eigenvalue weighted by molar-refractivity contribution is 5.90. The van der Waals surface area contributed by atoms with Crippen LogP contribution in [0.5, 0.6) is 0 Å². The Morgan fingerprint density at radius 2 is 1.90 bits per heavy atom. The van der Waals surface area contributed by atoms with Gasteiger partial charge in [-0.05, 0) is 62.2 Å². The van der Waals surface area contributed by atoms with Gasteiger partial charge in [0.2, 0.25) is 0 Å². The van der Waals surface area contributed by atoms with Crippen molar-refractivity contribution in [3.05, 3.63) is 11.6 Å². The van der Waals surface area contributed by atoms with Gasteiger partial charge in [-0.3, -0.25) is 9.59 Å². The second kappa shape index (κ2) is 11.6. The molecule has 1 saturated heterocycles. The summed E-state index contributed by atoms with van der Waals surface area (Å²) in [5.41, 5.74) is -2.39. The van der Waals surface area contributed by atoms with E-state index in [1.54, 1.807) is 6.92 Å². The zero-order chi connectivity index (χ0) is 30.6. The molecule has 0 aromatic carbocycles. The van der Waals surface area contributed by atoms with Crippen LogP contribution in [0, 0.1) is 45.8 Å². The van der Waals surface area contributed by atoms with Crippen LogP contribution in [0.2, 0.25) is 0 Å². The molecule has 1 aliphatic heterocycles. The topological polar surface area (TPSA) is 129 Å². The molecule has 236 valence electrons. The molecular formula is C33H50O9. The summed E-state index contributed by atoms with van der Waals surface area (Å²) in [6.45, 7) is 10.1. The number of allylic oxidation sites excluding steroid dienone is 1. The van der Waals surface area contributed by atoms with Gasteiger partial charge in [-0.25, -0.2) is 0 Å². The maximum Gasteiger partial charge on any atom is 0.315 e. The molecule has 0 radical (unpaired) electrons. The standard InChI is InChI=1S/C33H50O9/c1-7-8-9-10-25(35)42-28-26(36)29(41-20(5)27(28)39-6)40-17-32-15-22-19(4)11-12-23(22)31(16-34)14-21(32)13-24(18(2)3)33(31,32)30(37)38/h13,16,18-23,26-29,36H,7-12,14-15,17H2,1-6H3,(H,37,38)/t19-,20-,21?,22-,23-,26?,27-,28+,29-,31?,32?,33?/m1/s1.